The predicted molar refractivity (Wildman–Crippen MR) is 245 cm³/mol. The Labute approximate surface area is 369 Å². The van der Waals surface area contributed by atoms with Crippen molar-refractivity contribution in [2.45, 2.75) is 78.3 Å². The van der Waals surface area contributed by atoms with E-state index in [4.69, 9.17) is 9.47 Å². The highest BCUT2D eigenvalue weighted by atomic mass is 16.5. The lowest BCUT2D eigenvalue weighted by molar-refractivity contribution is -0.142. The third kappa shape index (κ3) is 8.63. The third-order valence-corrected chi connectivity index (χ3v) is 11.4. The molecule has 6 aromatic rings. The van der Waals surface area contributed by atoms with Gasteiger partial charge < -0.3 is 50.3 Å². The molecule has 0 fully saturated rings. The van der Waals surface area contributed by atoms with Gasteiger partial charge in [-0.3, -0.25) is 9.98 Å². The summed E-state index contributed by atoms with van der Waals surface area (Å²) in [5.41, 5.74) is 2.78. The minimum atomic E-state index is -1.14. The summed E-state index contributed by atoms with van der Waals surface area (Å²) in [5, 5.41) is 91.7. The molecule has 14 nitrogen and oxygen atoms in total. The maximum absolute atomic E-state index is 13.0. The van der Waals surface area contributed by atoms with Crippen LogP contribution in [0.25, 0.3) is 32.7 Å². The van der Waals surface area contributed by atoms with Crippen molar-refractivity contribution in [3.8, 4) is 57.1 Å². The normalized spacial score (nSPS) is 12.8. The van der Waals surface area contributed by atoms with E-state index in [0.29, 0.717) is 44.2 Å². The summed E-state index contributed by atoms with van der Waals surface area (Å²) in [7, 11) is 2.41. The van der Waals surface area contributed by atoms with Crippen molar-refractivity contribution in [1.82, 2.24) is 0 Å². The molecule has 0 amide bonds. The van der Waals surface area contributed by atoms with Crippen molar-refractivity contribution in [2.24, 2.45) is 9.98 Å². The first-order chi connectivity index (χ1) is 30.3. The van der Waals surface area contributed by atoms with Crippen LogP contribution >= 0.6 is 0 Å². The molecule has 0 bridgehead atoms. The van der Waals surface area contributed by atoms with Crippen LogP contribution in [-0.2, 0) is 31.9 Å². The molecule has 0 unspecified atom stereocenters. The van der Waals surface area contributed by atoms with Crippen LogP contribution in [0.4, 0.5) is 0 Å². The monoisotopic (exact) mass is 872 g/mol. The number of carbonyl (C=O) groups is 2. The molecular formula is C50H52N2O12. The summed E-state index contributed by atoms with van der Waals surface area (Å²) in [6.07, 6.45) is 2.44. The maximum atomic E-state index is 13.0. The van der Waals surface area contributed by atoms with Crippen molar-refractivity contribution in [3.05, 3.63) is 105 Å². The van der Waals surface area contributed by atoms with Crippen molar-refractivity contribution >= 4 is 45.9 Å². The van der Waals surface area contributed by atoms with Crippen molar-refractivity contribution in [1.29, 1.82) is 0 Å². The molecular weight excluding hydrogens is 821 g/mol. The number of rotatable bonds is 13. The van der Waals surface area contributed by atoms with Crippen LogP contribution in [0.5, 0.6) is 46.0 Å². The minimum Gasteiger partial charge on any atom is -0.508 e. The molecule has 0 aliphatic carbocycles. The lowest BCUT2D eigenvalue weighted by Crippen LogP contribution is -2.23. The number of hydrogen-bond donors (Lipinski definition) is 8. The molecule has 0 heterocycles. The van der Waals surface area contributed by atoms with E-state index in [1.54, 1.807) is 77.9 Å². The Balaban J connectivity index is 1.64. The first kappa shape index (κ1) is 46.0. The van der Waals surface area contributed by atoms with E-state index < -0.39 is 58.5 Å². The van der Waals surface area contributed by atoms with Gasteiger partial charge >= 0.3 is 11.9 Å². The van der Waals surface area contributed by atoms with Crippen LogP contribution in [0.15, 0.2) is 70.6 Å². The van der Waals surface area contributed by atoms with Crippen molar-refractivity contribution in [2.75, 3.05) is 14.2 Å². The summed E-state index contributed by atoms with van der Waals surface area (Å²) < 4.78 is 10.1. The molecule has 0 aliphatic heterocycles. The fourth-order valence-electron chi connectivity index (χ4n) is 8.33. The van der Waals surface area contributed by atoms with Gasteiger partial charge in [0, 0.05) is 69.4 Å². The van der Waals surface area contributed by atoms with Crippen LogP contribution in [-0.4, -0.2) is 91.5 Å². The van der Waals surface area contributed by atoms with Gasteiger partial charge in [0.25, 0.3) is 0 Å². The van der Waals surface area contributed by atoms with Gasteiger partial charge in [-0.2, -0.15) is 0 Å². The standard InChI is InChI=1S/C50H52N2O12/c1-23(2)37-31-17-25(5)39(45(57)41(31)33(43(55)47(37)59)21-51-35(49(61)63-7)19-27-9-13-29(53)14-10-27)40-26(6)18-32-38(24(3)4)48(60)44(56)34(42(32)46(40)58)22-52-36(50(62)64-8)20-28-11-15-30(54)16-12-28/h9-18,21-24,35-36,53-60H,19-20H2,1-8H3/t35-,36-/m0/s1. The molecule has 334 valence electrons. The highest BCUT2D eigenvalue weighted by Gasteiger charge is 2.30. The first-order valence-electron chi connectivity index (χ1n) is 20.6. The fourth-order valence-corrected chi connectivity index (χ4v) is 8.33. The second-order valence-corrected chi connectivity index (χ2v) is 16.4. The highest BCUT2D eigenvalue weighted by molar-refractivity contribution is 6.15. The number of esters is 2. The van der Waals surface area contributed by atoms with Gasteiger partial charge in [-0.25, -0.2) is 9.59 Å². The van der Waals surface area contributed by atoms with Gasteiger partial charge in [0.2, 0.25) is 0 Å². The van der Waals surface area contributed by atoms with Gasteiger partial charge in [-0.15, -0.1) is 0 Å². The van der Waals surface area contributed by atoms with Crippen LogP contribution in [0.3, 0.4) is 0 Å². The molecule has 0 aliphatic rings. The number of aliphatic imine (C=N–C) groups is 2. The molecule has 6 rings (SSSR count). The average molecular weight is 873 g/mol. The zero-order valence-corrected chi connectivity index (χ0v) is 36.8. The molecule has 0 saturated heterocycles. The highest BCUT2D eigenvalue weighted by Crippen LogP contribution is 2.54. The van der Waals surface area contributed by atoms with E-state index in [1.807, 2.05) is 0 Å². The number of carbonyl (C=O) groups excluding carboxylic acids is 2. The number of aryl methyl sites for hydroxylation is 2. The Hall–Kier alpha value is -7.48. The third-order valence-electron chi connectivity index (χ3n) is 11.4. The largest absolute Gasteiger partial charge is 0.508 e. The Morgan fingerprint density at radius 1 is 0.531 bits per heavy atom. The summed E-state index contributed by atoms with van der Waals surface area (Å²) in [4.78, 5) is 35.0. The topological polar surface area (TPSA) is 239 Å². The smallest absolute Gasteiger partial charge is 0.330 e. The van der Waals surface area contributed by atoms with Crippen molar-refractivity contribution < 1.29 is 59.9 Å². The van der Waals surface area contributed by atoms with Crippen LogP contribution in [0.2, 0.25) is 0 Å². The Kier molecular flexibility index (Phi) is 13.3. The quantitative estimate of drug-likeness (QED) is 0.0309. The molecule has 0 aromatic heterocycles. The number of benzene rings is 6. The second-order valence-electron chi connectivity index (χ2n) is 16.4. The lowest BCUT2D eigenvalue weighted by Gasteiger charge is -2.23. The van der Waals surface area contributed by atoms with Gasteiger partial charge in [0.15, 0.2) is 35.1 Å². The van der Waals surface area contributed by atoms with Gasteiger partial charge in [0.1, 0.15) is 23.0 Å². The van der Waals surface area contributed by atoms with Crippen LogP contribution in [0.1, 0.15) is 84.0 Å². The van der Waals surface area contributed by atoms with E-state index >= 15 is 0 Å². The summed E-state index contributed by atoms with van der Waals surface area (Å²) in [6.45, 7) is 10.6. The van der Waals surface area contributed by atoms with E-state index in [0.717, 1.165) is 0 Å². The minimum absolute atomic E-state index is 0.0297. The molecule has 2 atom stereocenters. The molecule has 8 N–H and O–H groups in total. The summed E-state index contributed by atoms with van der Waals surface area (Å²) in [5.74, 6) is -5.07. The molecule has 64 heavy (non-hydrogen) atoms. The van der Waals surface area contributed by atoms with Crippen LogP contribution in [0, 0.1) is 13.8 Å². The Morgan fingerprint density at radius 2 is 0.859 bits per heavy atom. The number of nitrogens with zero attached hydrogens (tertiary/aromatic N) is 2. The SMILES string of the molecule is COC(=O)[C@H](Cc1ccc(O)cc1)N=Cc1c(O)c(O)c(C(C)C)c2cc(C)c(-c3c(C)cc4c(C(C)C)c(O)c(O)c(C=N[C@@H](Cc5ccc(O)cc5)C(=O)OC)c4c3O)c(O)c12. The van der Waals surface area contributed by atoms with E-state index in [2.05, 4.69) is 9.98 Å². The fraction of sp³-hybridized carbons (Fsp3) is 0.280. The van der Waals surface area contributed by atoms with E-state index in [1.165, 1.54) is 50.9 Å². The lowest BCUT2D eigenvalue weighted by atomic mass is 9.83. The summed E-state index contributed by atoms with van der Waals surface area (Å²) >= 11 is 0. The number of aromatic hydroxyl groups is 8. The first-order valence-corrected chi connectivity index (χ1v) is 20.6. The van der Waals surface area contributed by atoms with Crippen molar-refractivity contribution in [3.63, 3.8) is 0 Å². The zero-order valence-electron chi connectivity index (χ0n) is 36.8. The number of ether oxygens (including phenoxy) is 2. The average Bonchev–Trinajstić information content (AvgIpc) is 3.25. The maximum Gasteiger partial charge on any atom is 0.330 e. The molecule has 0 saturated carbocycles. The Morgan fingerprint density at radius 3 is 1.16 bits per heavy atom. The Bertz CT molecular complexity index is 2650. The second kappa shape index (κ2) is 18.5. The number of phenolic OH excluding ortho intramolecular Hbond substituents is 8. The number of fused-ring (bicyclic) bond motifs is 2. The molecule has 14 heteroatoms. The molecule has 0 spiro atoms. The van der Waals surface area contributed by atoms with Gasteiger partial charge in [-0.05, 0) is 83.0 Å². The van der Waals surface area contributed by atoms with E-state index in [9.17, 15) is 50.4 Å². The van der Waals surface area contributed by atoms with Gasteiger partial charge in [-0.1, -0.05) is 64.1 Å². The summed E-state index contributed by atoms with van der Waals surface area (Å²) in [6, 6.07) is 13.4. The molecule has 6 aromatic carbocycles. The van der Waals surface area contributed by atoms with E-state index in [-0.39, 0.29) is 69.2 Å². The van der Waals surface area contributed by atoms with Crippen LogP contribution < -0.4 is 0 Å². The predicted octanol–water partition coefficient (Wildman–Crippen LogP) is 8.57. The zero-order chi connectivity index (χ0) is 46.9. The molecule has 0 radical (unpaired) electrons. The number of hydrogen-bond acceptors (Lipinski definition) is 14. The van der Waals surface area contributed by atoms with Gasteiger partial charge in [0.05, 0.1) is 14.2 Å². The number of phenols is 8. The number of methoxy groups -OCH3 is 2.